The van der Waals surface area contributed by atoms with Crippen LogP contribution < -0.4 is 4.74 Å². The summed E-state index contributed by atoms with van der Waals surface area (Å²) in [5.74, 6) is -0.334. The second-order valence-electron chi connectivity index (χ2n) is 5.62. The minimum Gasteiger partial charge on any atom is -0.497 e. The van der Waals surface area contributed by atoms with Gasteiger partial charge in [0.25, 0.3) is 0 Å². The minimum absolute atomic E-state index is 0.0555. The highest BCUT2D eigenvalue weighted by Crippen LogP contribution is 2.26. The van der Waals surface area contributed by atoms with Crippen LogP contribution in [0.1, 0.15) is 25.8 Å². The number of fused-ring (bicyclic) bond motifs is 1. The van der Waals surface area contributed by atoms with Crippen molar-refractivity contribution in [2.24, 2.45) is 0 Å². The minimum atomic E-state index is -0.913. The summed E-state index contributed by atoms with van der Waals surface area (Å²) >= 11 is 0. The van der Waals surface area contributed by atoms with Crippen LogP contribution in [0.25, 0.3) is 11.0 Å². The van der Waals surface area contributed by atoms with Gasteiger partial charge in [-0.15, -0.1) is 0 Å². The number of ether oxygens (including phenoxy) is 1. The van der Waals surface area contributed by atoms with E-state index in [1.807, 2.05) is 26.0 Å². The zero-order valence-electron chi connectivity index (χ0n) is 13.5. The van der Waals surface area contributed by atoms with Crippen LogP contribution in [0.15, 0.2) is 28.9 Å². The van der Waals surface area contributed by atoms with Crippen LogP contribution in [-0.4, -0.2) is 41.6 Å². The van der Waals surface area contributed by atoms with Gasteiger partial charge in [0, 0.05) is 29.6 Å². The number of methoxy groups -OCH3 is 1. The van der Waals surface area contributed by atoms with Gasteiger partial charge in [-0.1, -0.05) is 0 Å². The van der Waals surface area contributed by atoms with Crippen molar-refractivity contribution in [1.29, 1.82) is 0 Å². The maximum absolute atomic E-state index is 12.5. The molecule has 1 aromatic heterocycles. The number of amides is 1. The number of carboxylic acids is 1. The number of nitrogens with zero attached hydrogens (tertiary/aromatic N) is 1. The lowest BCUT2D eigenvalue weighted by atomic mass is 10.1. The molecule has 0 fully saturated rings. The molecule has 0 saturated carbocycles. The summed E-state index contributed by atoms with van der Waals surface area (Å²) in [6.07, 6.45) is 1.68. The van der Waals surface area contributed by atoms with E-state index in [0.717, 1.165) is 10.9 Å². The number of hydrogen-bond acceptors (Lipinski definition) is 4. The Morgan fingerprint density at radius 3 is 2.70 bits per heavy atom. The van der Waals surface area contributed by atoms with Gasteiger partial charge in [0.2, 0.25) is 5.91 Å². The third kappa shape index (κ3) is 4.03. The summed E-state index contributed by atoms with van der Waals surface area (Å²) < 4.78 is 10.6. The van der Waals surface area contributed by atoms with Crippen molar-refractivity contribution in [3.05, 3.63) is 30.0 Å². The predicted octanol–water partition coefficient (Wildman–Crippen LogP) is 2.70. The molecule has 6 heteroatoms. The molecule has 0 atom stereocenters. The predicted molar refractivity (Wildman–Crippen MR) is 85.6 cm³/mol. The first-order valence-corrected chi connectivity index (χ1v) is 7.47. The zero-order chi connectivity index (χ0) is 17.0. The first kappa shape index (κ1) is 16.9. The molecule has 0 aliphatic carbocycles. The second kappa shape index (κ2) is 7.17. The Hall–Kier alpha value is -2.50. The van der Waals surface area contributed by atoms with Crippen LogP contribution in [0.4, 0.5) is 0 Å². The number of furan rings is 1. The molecule has 0 saturated heterocycles. The highest BCUT2D eigenvalue weighted by atomic mass is 16.5. The van der Waals surface area contributed by atoms with E-state index in [1.165, 1.54) is 0 Å². The number of carbonyl (C=O) groups excluding carboxylic acids is 1. The molecular formula is C17H21NO5. The molecule has 23 heavy (non-hydrogen) atoms. The van der Waals surface area contributed by atoms with Crippen molar-refractivity contribution >= 4 is 22.8 Å². The van der Waals surface area contributed by atoms with E-state index in [4.69, 9.17) is 14.3 Å². The van der Waals surface area contributed by atoms with Gasteiger partial charge in [0.05, 0.1) is 26.2 Å². The molecule has 0 radical (unpaired) electrons. The van der Waals surface area contributed by atoms with Gasteiger partial charge in [-0.05, 0) is 26.0 Å². The van der Waals surface area contributed by atoms with E-state index in [1.54, 1.807) is 24.3 Å². The Labute approximate surface area is 134 Å². The quantitative estimate of drug-likeness (QED) is 0.848. The number of hydrogen-bond donors (Lipinski definition) is 1. The standard InChI is InChI=1S/C17H21NO5/c1-11(2)18(7-6-17(20)21)16(19)8-12-10-23-15-9-13(22-3)4-5-14(12)15/h4-5,9-11H,6-8H2,1-3H3,(H,20,21). The van der Waals surface area contributed by atoms with E-state index in [0.29, 0.717) is 11.3 Å². The molecule has 1 amide bonds. The van der Waals surface area contributed by atoms with Crippen molar-refractivity contribution in [3.8, 4) is 5.75 Å². The molecule has 1 N–H and O–H groups in total. The molecule has 1 heterocycles. The summed E-state index contributed by atoms with van der Waals surface area (Å²) in [5, 5.41) is 9.67. The van der Waals surface area contributed by atoms with Gasteiger partial charge < -0.3 is 19.2 Å². The Morgan fingerprint density at radius 2 is 2.09 bits per heavy atom. The number of benzene rings is 1. The Morgan fingerprint density at radius 1 is 1.35 bits per heavy atom. The summed E-state index contributed by atoms with van der Waals surface area (Å²) in [4.78, 5) is 24.8. The fourth-order valence-corrected chi connectivity index (χ4v) is 2.48. The SMILES string of the molecule is COc1ccc2c(CC(=O)N(CCC(=O)O)C(C)C)coc2c1. The molecular weight excluding hydrogens is 298 g/mol. The van der Waals surface area contributed by atoms with Crippen molar-refractivity contribution in [2.75, 3.05) is 13.7 Å². The molecule has 1 aromatic carbocycles. The van der Waals surface area contributed by atoms with Crippen molar-refractivity contribution in [3.63, 3.8) is 0 Å². The van der Waals surface area contributed by atoms with Gasteiger partial charge in [0.15, 0.2) is 0 Å². The van der Waals surface area contributed by atoms with Gasteiger partial charge in [-0.2, -0.15) is 0 Å². The first-order chi connectivity index (χ1) is 10.9. The topological polar surface area (TPSA) is 80.0 Å². The van der Waals surface area contributed by atoms with Crippen LogP contribution >= 0.6 is 0 Å². The van der Waals surface area contributed by atoms with E-state index in [2.05, 4.69) is 0 Å². The van der Waals surface area contributed by atoms with Crippen LogP contribution in [0.3, 0.4) is 0 Å². The summed E-state index contributed by atoms with van der Waals surface area (Å²) in [7, 11) is 1.58. The van der Waals surface area contributed by atoms with Gasteiger partial charge >= 0.3 is 5.97 Å². The van der Waals surface area contributed by atoms with E-state index in [-0.39, 0.29) is 31.3 Å². The van der Waals surface area contributed by atoms with Crippen molar-refractivity contribution < 1.29 is 23.8 Å². The number of carbonyl (C=O) groups is 2. The van der Waals surface area contributed by atoms with Crippen LogP contribution in [0, 0.1) is 0 Å². The lowest BCUT2D eigenvalue weighted by Crippen LogP contribution is -2.39. The smallest absolute Gasteiger partial charge is 0.305 e. The highest BCUT2D eigenvalue weighted by Gasteiger charge is 2.20. The molecule has 2 rings (SSSR count). The fourth-order valence-electron chi connectivity index (χ4n) is 2.48. The Kier molecular flexibility index (Phi) is 5.26. The summed E-state index contributed by atoms with van der Waals surface area (Å²) in [6.45, 7) is 3.95. The molecule has 2 aromatic rings. The largest absolute Gasteiger partial charge is 0.497 e. The average molecular weight is 319 g/mol. The van der Waals surface area contributed by atoms with E-state index >= 15 is 0 Å². The third-order valence-electron chi connectivity index (χ3n) is 3.71. The van der Waals surface area contributed by atoms with E-state index < -0.39 is 5.97 Å². The van der Waals surface area contributed by atoms with Gasteiger partial charge in [-0.25, -0.2) is 0 Å². The number of carboxylic acid groups (broad SMARTS) is 1. The maximum atomic E-state index is 12.5. The molecule has 0 spiro atoms. The molecule has 0 aliphatic heterocycles. The van der Waals surface area contributed by atoms with Crippen LogP contribution in [-0.2, 0) is 16.0 Å². The van der Waals surface area contributed by atoms with E-state index in [9.17, 15) is 9.59 Å². The number of rotatable bonds is 7. The van der Waals surface area contributed by atoms with Crippen molar-refractivity contribution in [1.82, 2.24) is 4.90 Å². The molecule has 0 bridgehead atoms. The maximum Gasteiger partial charge on any atom is 0.305 e. The normalized spacial score (nSPS) is 11.0. The Balaban J connectivity index is 2.16. The second-order valence-corrected chi connectivity index (χ2v) is 5.62. The summed E-state index contributed by atoms with van der Waals surface area (Å²) in [5.41, 5.74) is 1.45. The molecule has 124 valence electrons. The third-order valence-corrected chi connectivity index (χ3v) is 3.71. The average Bonchev–Trinajstić information content (AvgIpc) is 2.88. The van der Waals surface area contributed by atoms with Crippen molar-refractivity contribution in [2.45, 2.75) is 32.7 Å². The van der Waals surface area contributed by atoms with Gasteiger partial charge in [0.1, 0.15) is 11.3 Å². The molecule has 0 unspecified atom stereocenters. The molecule has 0 aliphatic rings. The fraction of sp³-hybridized carbons (Fsp3) is 0.412. The monoisotopic (exact) mass is 319 g/mol. The van der Waals surface area contributed by atoms with Gasteiger partial charge in [-0.3, -0.25) is 9.59 Å². The zero-order valence-corrected chi connectivity index (χ0v) is 13.5. The lowest BCUT2D eigenvalue weighted by molar-refractivity contribution is -0.139. The Bertz CT molecular complexity index is 704. The first-order valence-electron chi connectivity index (χ1n) is 7.47. The lowest BCUT2D eigenvalue weighted by Gasteiger charge is -2.26. The summed E-state index contributed by atoms with van der Waals surface area (Å²) in [6, 6.07) is 5.39. The highest BCUT2D eigenvalue weighted by molar-refractivity contribution is 5.88. The van der Waals surface area contributed by atoms with Crippen LogP contribution in [0.5, 0.6) is 5.75 Å². The van der Waals surface area contributed by atoms with Crippen LogP contribution in [0.2, 0.25) is 0 Å². The molecule has 6 nitrogen and oxygen atoms in total. The number of aliphatic carboxylic acids is 1.